The topological polar surface area (TPSA) is 220 Å². The van der Waals surface area contributed by atoms with Gasteiger partial charge in [-0.1, -0.05) is 36.4 Å². The van der Waals surface area contributed by atoms with Crippen LogP contribution in [0, 0.1) is 22.7 Å². The number of likely N-dealkylation sites (N-methyl/N-ethyl adjacent to an activating group) is 2. The highest BCUT2D eigenvalue weighted by atomic mass is 19.4. The van der Waals surface area contributed by atoms with E-state index in [4.69, 9.17) is 5.73 Å². The number of alkyl halides is 6. The number of amides is 6. The standard InChI is InChI=1S/C55H51F6N11O6/c1-3-67-31-43-45(49(67)75)47(35-19-15-33(27-62)16-20-35)69(52(77)71(43)39-11-5-9-37(25-39)54(56,57)58)29-41(73)13-7-23-65-51(64)66-24-8-14-42(74)30-70-48(36-21-17-34(28-63)18-22-36)46-44(32-68(4-2)50(46)76)72(53(70)78)40-12-6-10-38(26-40)55(59,60)61/h5-6,9-12,15-22,25-26,47-48H,3-4,7-8,13-14,23-24,29-32H2,1-2H3,(H3,64,65,66)/t47-,48-/m1/s1. The fourth-order valence-electron chi connectivity index (χ4n) is 9.96. The zero-order valence-electron chi connectivity index (χ0n) is 42.2. The van der Waals surface area contributed by atoms with Crippen molar-refractivity contribution in [2.75, 3.05) is 62.2 Å². The summed E-state index contributed by atoms with van der Waals surface area (Å²) in [6.45, 7) is 2.75. The summed E-state index contributed by atoms with van der Waals surface area (Å²) in [5.41, 5.74) is 5.70. The molecule has 0 radical (unpaired) electrons. The third-order valence-corrected chi connectivity index (χ3v) is 13.8. The summed E-state index contributed by atoms with van der Waals surface area (Å²) < 4.78 is 83.6. The summed E-state index contributed by atoms with van der Waals surface area (Å²) in [7, 11) is 0. The second-order valence-corrected chi connectivity index (χ2v) is 18.7. The molecule has 0 unspecified atom stereocenters. The molecule has 78 heavy (non-hydrogen) atoms. The Hall–Kier alpha value is -8.99. The molecule has 6 amide bonds. The maximum atomic E-state index is 14.6. The van der Waals surface area contributed by atoms with E-state index in [2.05, 4.69) is 10.3 Å². The zero-order chi connectivity index (χ0) is 56.2. The number of nitrogens with one attached hydrogen (secondary N) is 1. The number of rotatable bonds is 18. The van der Waals surface area contributed by atoms with E-state index in [1.54, 1.807) is 38.1 Å². The minimum absolute atomic E-state index is 0.0221. The molecule has 4 aromatic rings. The second-order valence-electron chi connectivity index (χ2n) is 18.7. The Morgan fingerprint density at radius 1 is 0.641 bits per heavy atom. The van der Waals surface area contributed by atoms with Crippen molar-refractivity contribution in [2.24, 2.45) is 10.7 Å². The summed E-state index contributed by atoms with van der Waals surface area (Å²) in [5.74, 6) is -1.90. The minimum atomic E-state index is -4.75. The van der Waals surface area contributed by atoms with Gasteiger partial charge in [0.1, 0.15) is 0 Å². The summed E-state index contributed by atoms with van der Waals surface area (Å²) in [4.78, 5) is 96.3. The Labute approximate surface area is 444 Å². The molecule has 23 heteroatoms. The first-order valence-corrected chi connectivity index (χ1v) is 24.9. The Morgan fingerprint density at radius 3 is 1.44 bits per heavy atom. The molecule has 17 nitrogen and oxygen atoms in total. The van der Waals surface area contributed by atoms with Crippen LogP contribution in [0.1, 0.15) is 85.0 Å². The number of Topliss-reactive ketones (excluding diaryl/α,β-unsaturated/α-hetero) is 2. The Morgan fingerprint density at radius 2 is 1.05 bits per heavy atom. The van der Waals surface area contributed by atoms with Gasteiger partial charge in [0.2, 0.25) is 0 Å². The van der Waals surface area contributed by atoms with Gasteiger partial charge in [0.05, 0.1) is 107 Å². The number of carbonyl (C=O) groups is 6. The molecule has 0 saturated carbocycles. The van der Waals surface area contributed by atoms with E-state index in [1.807, 2.05) is 12.1 Å². The maximum absolute atomic E-state index is 14.6. The van der Waals surface area contributed by atoms with Crippen molar-refractivity contribution in [3.05, 3.63) is 153 Å². The van der Waals surface area contributed by atoms with E-state index in [9.17, 15) is 65.6 Å². The van der Waals surface area contributed by atoms with Crippen LogP contribution in [0.2, 0.25) is 0 Å². The highest BCUT2D eigenvalue weighted by Gasteiger charge is 2.51. The first-order chi connectivity index (χ1) is 37.2. The number of hydrogen-bond acceptors (Lipinski definition) is 9. The quantitative estimate of drug-likeness (QED) is 0.0424. The lowest BCUT2D eigenvalue weighted by Gasteiger charge is -2.41. The van der Waals surface area contributed by atoms with Crippen molar-refractivity contribution in [2.45, 2.75) is 64.0 Å². The average molecular weight is 1080 g/mol. The van der Waals surface area contributed by atoms with Crippen LogP contribution >= 0.6 is 0 Å². The average Bonchev–Trinajstić information content (AvgIpc) is 4.16. The monoisotopic (exact) mass is 1080 g/mol. The molecule has 8 rings (SSSR count). The first kappa shape index (κ1) is 55.2. The number of ketones is 2. The van der Waals surface area contributed by atoms with Gasteiger partial charge in [0, 0.05) is 39.0 Å². The number of hydrogen-bond donors (Lipinski definition) is 2. The van der Waals surface area contributed by atoms with Gasteiger partial charge in [-0.05, 0) is 98.5 Å². The van der Waals surface area contributed by atoms with E-state index >= 15 is 0 Å². The maximum Gasteiger partial charge on any atom is 0.416 e. The number of benzene rings is 4. The lowest BCUT2D eigenvalue weighted by Crippen LogP contribution is -2.52. The summed E-state index contributed by atoms with van der Waals surface area (Å²) in [6, 6.07) is 20.5. The smallest absolute Gasteiger partial charge is 0.370 e. The fourth-order valence-corrected chi connectivity index (χ4v) is 9.96. The van der Waals surface area contributed by atoms with Crippen LogP contribution in [0.3, 0.4) is 0 Å². The lowest BCUT2D eigenvalue weighted by molar-refractivity contribution is -0.138. The van der Waals surface area contributed by atoms with Gasteiger partial charge < -0.3 is 30.7 Å². The lowest BCUT2D eigenvalue weighted by atomic mass is 9.92. The largest absolute Gasteiger partial charge is 0.416 e. The molecule has 0 spiro atoms. The molecular weight excluding hydrogens is 1020 g/mol. The third kappa shape index (κ3) is 11.3. The summed E-state index contributed by atoms with van der Waals surface area (Å²) in [5, 5.41) is 21.8. The van der Waals surface area contributed by atoms with E-state index < -0.39 is 84.1 Å². The van der Waals surface area contributed by atoms with Crippen LogP contribution in [0.5, 0.6) is 0 Å². The number of nitriles is 2. The van der Waals surface area contributed by atoms with Crippen molar-refractivity contribution < 1.29 is 55.1 Å². The molecule has 0 saturated heterocycles. The number of aliphatic imine (C=N–C) groups is 1. The molecular formula is C55H51F6N11O6. The molecule has 3 N–H and O–H groups in total. The SMILES string of the molecule is CCN1CC2=C(C1=O)[C@@H](c1ccc(C#N)cc1)N(CC(=O)CCCN=C(N)NCCCC(=O)CN1C(=O)N(c3cccc(C(F)(F)F)c3)C3=C(C(=O)N(CC)C3)[C@H]1c1ccc(C#N)cc1)C(=O)N2c1cccc(C(F)(F)F)c1. The van der Waals surface area contributed by atoms with Crippen LogP contribution < -0.4 is 20.9 Å². The third-order valence-electron chi connectivity index (χ3n) is 13.8. The number of nitrogens with zero attached hydrogens (tertiary/aromatic N) is 9. The molecule has 4 aliphatic heterocycles. The van der Waals surface area contributed by atoms with Crippen molar-refractivity contribution >= 4 is 52.8 Å². The van der Waals surface area contributed by atoms with E-state index in [0.29, 0.717) is 16.7 Å². The highest BCUT2D eigenvalue weighted by molar-refractivity contribution is 6.09. The van der Waals surface area contributed by atoms with Gasteiger partial charge in [-0.3, -0.25) is 34.0 Å². The van der Waals surface area contributed by atoms with Crippen molar-refractivity contribution in [3.63, 3.8) is 0 Å². The van der Waals surface area contributed by atoms with Crippen LogP contribution in [0.4, 0.5) is 47.3 Å². The van der Waals surface area contributed by atoms with Crippen LogP contribution in [0.25, 0.3) is 0 Å². The number of halogens is 6. The molecule has 2 atom stereocenters. The van der Waals surface area contributed by atoms with Gasteiger partial charge in [0.15, 0.2) is 17.5 Å². The van der Waals surface area contributed by atoms with Gasteiger partial charge in [-0.15, -0.1) is 0 Å². The predicted molar refractivity (Wildman–Crippen MR) is 271 cm³/mol. The predicted octanol–water partition coefficient (Wildman–Crippen LogP) is 7.97. The normalized spacial score (nSPS) is 17.9. The molecule has 0 bridgehead atoms. The van der Waals surface area contributed by atoms with Crippen molar-refractivity contribution in [1.82, 2.24) is 24.9 Å². The van der Waals surface area contributed by atoms with Crippen LogP contribution in [0.15, 0.2) is 125 Å². The van der Waals surface area contributed by atoms with Gasteiger partial charge in [-0.2, -0.15) is 36.9 Å². The summed E-state index contributed by atoms with van der Waals surface area (Å²) >= 11 is 0. The first-order valence-electron chi connectivity index (χ1n) is 24.9. The van der Waals surface area contributed by atoms with Crippen molar-refractivity contribution in [1.29, 1.82) is 10.5 Å². The zero-order valence-corrected chi connectivity index (χ0v) is 42.2. The van der Waals surface area contributed by atoms with Gasteiger partial charge in [0.25, 0.3) is 11.8 Å². The van der Waals surface area contributed by atoms with Crippen LogP contribution in [-0.4, -0.2) is 113 Å². The number of nitrogens with two attached hydrogens (primary N) is 1. The minimum Gasteiger partial charge on any atom is -0.370 e. The molecule has 0 fully saturated rings. The molecule has 404 valence electrons. The fraction of sp³-hybridized carbons (Fsp3) is 0.327. The molecule has 4 heterocycles. The number of anilines is 2. The van der Waals surface area contributed by atoms with E-state index in [-0.39, 0.29) is 110 Å². The molecule has 4 aromatic carbocycles. The molecule has 4 aliphatic rings. The highest BCUT2D eigenvalue weighted by Crippen LogP contribution is 2.46. The molecule has 0 aliphatic carbocycles. The van der Waals surface area contributed by atoms with Gasteiger partial charge in [-0.25, -0.2) is 9.59 Å². The number of urea groups is 2. The Balaban J connectivity index is 0.923. The van der Waals surface area contributed by atoms with Crippen molar-refractivity contribution in [3.8, 4) is 12.1 Å². The van der Waals surface area contributed by atoms with Gasteiger partial charge >= 0.3 is 24.4 Å². The van der Waals surface area contributed by atoms with Crippen LogP contribution in [-0.2, 0) is 31.5 Å². The Bertz CT molecular complexity index is 3230. The summed E-state index contributed by atoms with van der Waals surface area (Å²) in [6.07, 6.45) is -9.45. The number of carbonyl (C=O) groups excluding carboxylic acids is 6. The Kier molecular flexibility index (Phi) is 16.1. The van der Waals surface area contributed by atoms with E-state index in [0.717, 1.165) is 56.0 Å². The molecule has 0 aromatic heterocycles. The number of guanidine groups is 1. The second kappa shape index (κ2) is 22.7. The van der Waals surface area contributed by atoms with E-state index in [1.165, 1.54) is 46.2 Å².